The normalized spacial score (nSPS) is 11.9. The number of hydrogen-bond donors (Lipinski definition) is 2. The summed E-state index contributed by atoms with van der Waals surface area (Å²) in [4.78, 5) is 1.16. The van der Waals surface area contributed by atoms with Gasteiger partial charge in [0.1, 0.15) is 10.7 Å². The van der Waals surface area contributed by atoms with E-state index in [2.05, 4.69) is 15.2 Å². The fraction of sp³-hybridized carbons (Fsp3) is 0.417. The number of nitrogens with zero attached hydrogens (tertiary/aromatic N) is 1. The van der Waals surface area contributed by atoms with Crippen molar-refractivity contribution in [3.8, 4) is 0 Å². The van der Waals surface area contributed by atoms with Gasteiger partial charge in [-0.25, -0.2) is 13.1 Å². The van der Waals surface area contributed by atoms with Gasteiger partial charge in [-0.1, -0.05) is 5.16 Å². The molecule has 2 aromatic heterocycles. The van der Waals surface area contributed by atoms with Gasteiger partial charge in [0.15, 0.2) is 0 Å². The number of thiophene rings is 1. The van der Waals surface area contributed by atoms with Crippen molar-refractivity contribution in [2.75, 3.05) is 7.05 Å². The van der Waals surface area contributed by atoms with E-state index >= 15 is 0 Å². The van der Waals surface area contributed by atoms with Crippen LogP contribution in [-0.2, 0) is 23.1 Å². The standard InChI is InChI=1S/C12H17N3O3S2/c1-8-7-19-11(6-13-3)12(8)20(16,17)14-5-10-4-9(2)18-15-10/h4,7,13-14H,5-6H2,1-3H3. The van der Waals surface area contributed by atoms with E-state index in [4.69, 9.17) is 4.52 Å². The van der Waals surface area contributed by atoms with E-state index in [9.17, 15) is 8.42 Å². The van der Waals surface area contributed by atoms with Crippen molar-refractivity contribution in [2.24, 2.45) is 0 Å². The zero-order valence-electron chi connectivity index (χ0n) is 11.6. The molecule has 0 aliphatic rings. The van der Waals surface area contributed by atoms with Crippen LogP contribution in [0.3, 0.4) is 0 Å². The molecular weight excluding hydrogens is 298 g/mol. The van der Waals surface area contributed by atoms with Crippen molar-refractivity contribution in [1.82, 2.24) is 15.2 Å². The van der Waals surface area contributed by atoms with E-state index in [-0.39, 0.29) is 6.54 Å². The molecule has 2 aromatic rings. The van der Waals surface area contributed by atoms with E-state index in [0.717, 1.165) is 10.4 Å². The predicted octanol–water partition coefficient (Wildman–Crippen LogP) is 1.55. The first kappa shape index (κ1) is 15.2. The van der Waals surface area contributed by atoms with Crippen LogP contribution in [0.15, 0.2) is 20.9 Å². The van der Waals surface area contributed by atoms with Gasteiger partial charge in [0.05, 0.1) is 12.2 Å². The molecule has 0 aromatic carbocycles. The summed E-state index contributed by atoms with van der Waals surface area (Å²) in [5.41, 5.74) is 1.32. The Hall–Kier alpha value is -1.22. The summed E-state index contributed by atoms with van der Waals surface area (Å²) in [7, 11) is -1.76. The minimum atomic E-state index is -3.55. The van der Waals surface area contributed by atoms with Gasteiger partial charge in [0, 0.05) is 17.5 Å². The van der Waals surface area contributed by atoms with Crippen LogP contribution in [0.25, 0.3) is 0 Å². The molecule has 0 aliphatic carbocycles. The molecular formula is C12H17N3O3S2. The quantitative estimate of drug-likeness (QED) is 0.845. The van der Waals surface area contributed by atoms with E-state index in [1.165, 1.54) is 11.3 Å². The average Bonchev–Trinajstić information content (AvgIpc) is 2.95. The summed E-state index contributed by atoms with van der Waals surface area (Å²) in [6.07, 6.45) is 0. The van der Waals surface area contributed by atoms with Crippen LogP contribution < -0.4 is 10.0 Å². The van der Waals surface area contributed by atoms with Gasteiger partial charge < -0.3 is 9.84 Å². The summed E-state index contributed by atoms with van der Waals surface area (Å²) in [5, 5.41) is 8.60. The Kier molecular flexibility index (Phi) is 4.59. The number of aromatic nitrogens is 1. The molecule has 0 bridgehead atoms. The first-order valence-corrected chi connectivity index (χ1v) is 8.43. The van der Waals surface area contributed by atoms with Crippen LogP contribution in [-0.4, -0.2) is 20.6 Å². The molecule has 2 N–H and O–H groups in total. The minimum absolute atomic E-state index is 0.119. The van der Waals surface area contributed by atoms with Crippen molar-refractivity contribution >= 4 is 21.4 Å². The molecule has 0 fully saturated rings. The summed E-state index contributed by atoms with van der Waals surface area (Å²) in [6, 6.07) is 1.71. The number of nitrogens with one attached hydrogen (secondary N) is 2. The van der Waals surface area contributed by atoms with Crippen LogP contribution in [0, 0.1) is 13.8 Å². The van der Waals surface area contributed by atoms with Crippen LogP contribution in [0.1, 0.15) is 21.9 Å². The summed E-state index contributed by atoms with van der Waals surface area (Å²) >= 11 is 1.44. The lowest BCUT2D eigenvalue weighted by Gasteiger charge is -2.07. The van der Waals surface area contributed by atoms with Gasteiger partial charge in [-0.2, -0.15) is 0 Å². The molecule has 20 heavy (non-hydrogen) atoms. The maximum absolute atomic E-state index is 12.4. The third-order valence-corrected chi connectivity index (χ3v) is 5.58. The smallest absolute Gasteiger partial charge is 0.242 e. The summed E-state index contributed by atoms with van der Waals surface area (Å²) in [5.74, 6) is 0.654. The number of rotatable bonds is 6. The predicted molar refractivity (Wildman–Crippen MR) is 77.1 cm³/mol. The molecule has 0 saturated carbocycles. The highest BCUT2D eigenvalue weighted by atomic mass is 32.2. The SMILES string of the molecule is CNCc1scc(C)c1S(=O)(=O)NCc1cc(C)on1. The summed E-state index contributed by atoms with van der Waals surface area (Å²) < 4.78 is 32.3. The Morgan fingerprint density at radius 3 is 2.70 bits per heavy atom. The molecule has 0 saturated heterocycles. The maximum Gasteiger partial charge on any atom is 0.242 e. The van der Waals surface area contributed by atoms with Crippen molar-refractivity contribution < 1.29 is 12.9 Å². The Labute approximate surface area is 122 Å². The molecule has 0 amide bonds. The number of hydrogen-bond acceptors (Lipinski definition) is 6. The average molecular weight is 315 g/mol. The third kappa shape index (κ3) is 3.26. The van der Waals surface area contributed by atoms with Gasteiger partial charge in [0.2, 0.25) is 10.0 Å². The van der Waals surface area contributed by atoms with E-state index in [1.807, 2.05) is 5.38 Å². The van der Waals surface area contributed by atoms with Crippen LogP contribution >= 0.6 is 11.3 Å². The van der Waals surface area contributed by atoms with Gasteiger partial charge in [0.25, 0.3) is 0 Å². The molecule has 0 spiro atoms. The molecule has 6 nitrogen and oxygen atoms in total. The van der Waals surface area contributed by atoms with E-state index < -0.39 is 10.0 Å². The Bertz CT molecular complexity index is 689. The fourth-order valence-electron chi connectivity index (χ4n) is 1.87. The monoisotopic (exact) mass is 315 g/mol. The molecule has 0 radical (unpaired) electrons. The van der Waals surface area contributed by atoms with Gasteiger partial charge >= 0.3 is 0 Å². The zero-order valence-corrected chi connectivity index (χ0v) is 13.2. The lowest BCUT2D eigenvalue weighted by atomic mass is 10.3. The van der Waals surface area contributed by atoms with Gasteiger partial charge in [-0.15, -0.1) is 11.3 Å². The Morgan fingerprint density at radius 1 is 1.35 bits per heavy atom. The molecule has 8 heteroatoms. The van der Waals surface area contributed by atoms with Crippen LogP contribution in [0.2, 0.25) is 0 Å². The topological polar surface area (TPSA) is 84.2 Å². The molecule has 2 heterocycles. The highest BCUT2D eigenvalue weighted by Crippen LogP contribution is 2.26. The Balaban J connectivity index is 2.20. The zero-order chi connectivity index (χ0) is 14.8. The van der Waals surface area contributed by atoms with Crippen LogP contribution in [0.4, 0.5) is 0 Å². The summed E-state index contributed by atoms with van der Waals surface area (Å²) in [6.45, 7) is 4.20. The van der Waals surface area contributed by atoms with Gasteiger partial charge in [-0.05, 0) is 31.8 Å². The van der Waals surface area contributed by atoms with E-state index in [0.29, 0.717) is 22.9 Å². The van der Waals surface area contributed by atoms with Crippen molar-refractivity contribution in [1.29, 1.82) is 0 Å². The maximum atomic E-state index is 12.4. The van der Waals surface area contributed by atoms with Crippen molar-refractivity contribution in [3.63, 3.8) is 0 Å². The largest absolute Gasteiger partial charge is 0.361 e. The molecule has 0 aliphatic heterocycles. The Morgan fingerprint density at radius 2 is 2.10 bits per heavy atom. The fourth-order valence-corrected chi connectivity index (χ4v) is 4.69. The lowest BCUT2D eigenvalue weighted by molar-refractivity contribution is 0.390. The molecule has 0 atom stereocenters. The van der Waals surface area contributed by atoms with Crippen molar-refractivity contribution in [3.05, 3.63) is 33.3 Å². The van der Waals surface area contributed by atoms with E-state index in [1.54, 1.807) is 27.0 Å². The van der Waals surface area contributed by atoms with Gasteiger partial charge in [-0.3, -0.25) is 0 Å². The molecule has 2 rings (SSSR count). The highest BCUT2D eigenvalue weighted by Gasteiger charge is 2.22. The lowest BCUT2D eigenvalue weighted by Crippen LogP contribution is -2.25. The number of aryl methyl sites for hydroxylation is 2. The first-order chi connectivity index (χ1) is 9.44. The van der Waals surface area contributed by atoms with Crippen molar-refractivity contribution in [2.45, 2.75) is 31.8 Å². The molecule has 0 unspecified atom stereocenters. The van der Waals surface area contributed by atoms with Crippen LogP contribution in [0.5, 0.6) is 0 Å². The highest BCUT2D eigenvalue weighted by molar-refractivity contribution is 7.89. The second-order valence-corrected chi connectivity index (χ2v) is 7.12. The third-order valence-electron chi connectivity index (χ3n) is 2.72. The second kappa shape index (κ2) is 6.04. The molecule has 110 valence electrons. The minimum Gasteiger partial charge on any atom is -0.361 e. The first-order valence-electron chi connectivity index (χ1n) is 6.07. The second-order valence-electron chi connectivity index (χ2n) is 4.45. The number of sulfonamides is 1.